The highest BCUT2D eigenvalue weighted by Crippen LogP contribution is 2.16. The molecule has 0 fully saturated rings. The summed E-state index contributed by atoms with van der Waals surface area (Å²) in [5.74, 6) is 0.810. The van der Waals surface area contributed by atoms with Crippen LogP contribution in [0.15, 0.2) is 40.8 Å². The molecule has 1 aromatic carbocycles. The highest BCUT2D eigenvalue weighted by Gasteiger charge is 2.13. The molecule has 20 heavy (non-hydrogen) atoms. The molecule has 5 nitrogen and oxygen atoms in total. The van der Waals surface area contributed by atoms with E-state index in [1.165, 1.54) is 12.1 Å². The van der Waals surface area contributed by atoms with Crippen LogP contribution in [-0.4, -0.2) is 20.5 Å². The molecule has 2 aromatic rings. The van der Waals surface area contributed by atoms with Gasteiger partial charge in [0.1, 0.15) is 5.76 Å². The molecule has 0 saturated heterocycles. The number of ketones is 1. The molecule has 0 aliphatic rings. The first-order valence-corrected chi connectivity index (χ1v) is 7.99. The molecular weight excluding hydrogens is 278 g/mol. The van der Waals surface area contributed by atoms with Crippen LogP contribution < -0.4 is 4.72 Å². The second kappa shape index (κ2) is 5.50. The Morgan fingerprint density at radius 3 is 2.30 bits per heavy atom. The summed E-state index contributed by atoms with van der Waals surface area (Å²) in [6.45, 7) is 1.94. The molecule has 0 amide bonds. The molecule has 0 atom stereocenters. The second-order valence-electron chi connectivity index (χ2n) is 4.40. The Morgan fingerprint density at radius 2 is 1.80 bits per heavy atom. The molecule has 106 valence electrons. The Hall–Kier alpha value is -2.08. The zero-order valence-electron chi connectivity index (χ0n) is 11.2. The minimum Gasteiger partial charge on any atom is -0.458 e. The molecule has 6 heteroatoms. The van der Waals surface area contributed by atoms with E-state index in [0.29, 0.717) is 11.3 Å². The van der Waals surface area contributed by atoms with Crippen LogP contribution in [-0.2, 0) is 16.4 Å². The van der Waals surface area contributed by atoms with Gasteiger partial charge in [0.05, 0.1) is 6.26 Å². The number of rotatable bonds is 5. The number of furan rings is 1. The van der Waals surface area contributed by atoms with Gasteiger partial charge in [-0.05, 0) is 36.4 Å². The van der Waals surface area contributed by atoms with Gasteiger partial charge in [-0.1, -0.05) is 6.92 Å². The maximum Gasteiger partial charge on any atom is 0.229 e. The van der Waals surface area contributed by atoms with Gasteiger partial charge in [-0.3, -0.25) is 9.52 Å². The molecule has 1 aromatic heterocycles. The van der Waals surface area contributed by atoms with Crippen LogP contribution in [0.25, 0.3) is 0 Å². The first kappa shape index (κ1) is 14.3. The fourth-order valence-electron chi connectivity index (χ4n) is 1.74. The normalized spacial score (nSPS) is 11.3. The minimum absolute atomic E-state index is 0.226. The fraction of sp³-hybridized carbons (Fsp3) is 0.214. The van der Waals surface area contributed by atoms with Crippen LogP contribution in [0.4, 0.5) is 5.69 Å². The lowest BCUT2D eigenvalue weighted by molar-refractivity contribution is 0.101. The highest BCUT2D eigenvalue weighted by atomic mass is 32.2. The molecule has 0 saturated carbocycles. The summed E-state index contributed by atoms with van der Waals surface area (Å²) in [4.78, 5) is 12.1. The van der Waals surface area contributed by atoms with Gasteiger partial charge in [0.25, 0.3) is 0 Å². The third kappa shape index (κ3) is 3.48. The van der Waals surface area contributed by atoms with Crippen LogP contribution >= 0.6 is 0 Å². The van der Waals surface area contributed by atoms with Crippen molar-refractivity contribution in [1.82, 2.24) is 0 Å². The van der Waals surface area contributed by atoms with E-state index in [2.05, 4.69) is 4.72 Å². The van der Waals surface area contributed by atoms with Crippen molar-refractivity contribution in [2.45, 2.75) is 13.3 Å². The Bertz CT molecular complexity index is 714. The molecule has 0 unspecified atom stereocenters. The number of benzene rings is 1. The van der Waals surface area contributed by atoms with Gasteiger partial charge in [0.15, 0.2) is 5.76 Å². The van der Waals surface area contributed by atoms with Crippen molar-refractivity contribution in [3.8, 4) is 0 Å². The molecule has 0 aliphatic carbocycles. The predicted octanol–water partition coefficient (Wildman–Crippen LogP) is 2.44. The number of aryl methyl sites for hydroxylation is 1. The average molecular weight is 293 g/mol. The van der Waals surface area contributed by atoms with Crippen molar-refractivity contribution in [3.05, 3.63) is 53.5 Å². The maximum absolute atomic E-state index is 12.1. The first-order chi connectivity index (χ1) is 9.39. The molecular formula is C14H15NO4S. The fourth-order valence-corrected chi connectivity index (χ4v) is 2.30. The maximum atomic E-state index is 12.1. The average Bonchev–Trinajstić information content (AvgIpc) is 2.85. The summed E-state index contributed by atoms with van der Waals surface area (Å²) in [6, 6.07) is 9.61. The zero-order chi connectivity index (χ0) is 14.8. The topological polar surface area (TPSA) is 76.4 Å². The van der Waals surface area contributed by atoms with Gasteiger partial charge in [0.2, 0.25) is 15.8 Å². The van der Waals surface area contributed by atoms with Gasteiger partial charge in [-0.25, -0.2) is 8.42 Å². The number of hydrogen-bond acceptors (Lipinski definition) is 4. The Morgan fingerprint density at radius 1 is 1.15 bits per heavy atom. The van der Waals surface area contributed by atoms with Crippen molar-refractivity contribution in [2.24, 2.45) is 0 Å². The molecule has 0 bridgehead atoms. The first-order valence-electron chi connectivity index (χ1n) is 6.10. The third-order valence-electron chi connectivity index (χ3n) is 2.68. The van der Waals surface area contributed by atoms with Gasteiger partial charge in [-0.15, -0.1) is 0 Å². The lowest BCUT2D eigenvalue weighted by atomic mass is 10.1. The number of carbonyl (C=O) groups excluding carboxylic acids is 1. The van der Waals surface area contributed by atoms with Gasteiger partial charge >= 0.3 is 0 Å². The largest absolute Gasteiger partial charge is 0.458 e. The van der Waals surface area contributed by atoms with E-state index >= 15 is 0 Å². The van der Waals surface area contributed by atoms with Crippen LogP contribution in [0.5, 0.6) is 0 Å². The van der Waals surface area contributed by atoms with Gasteiger partial charge < -0.3 is 4.42 Å². The van der Waals surface area contributed by atoms with Crippen LogP contribution in [0, 0.1) is 0 Å². The number of hydrogen-bond donors (Lipinski definition) is 1. The molecule has 0 aliphatic heterocycles. The number of anilines is 1. The van der Waals surface area contributed by atoms with Crippen LogP contribution in [0.3, 0.4) is 0 Å². The lowest BCUT2D eigenvalue weighted by Crippen LogP contribution is -2.09. The van der Waals surface area contributed by atoms with E-state index in [-0.39, 0.29) is 11.5 Å². The lowest BCUT2D eigenvalue weighted by Gasteiger charge is -2.04. The number of nitrogens with one attached hydrogen (secondary N) is 1. The van der Waals surface area contributed by atoms with Crippen molar-refractivity contribution < 1.29 is 17.6 Å². The Labute approximate surface area is 117 Å². The van der Waals surface area contributed by atoms with E-state index in [1.807, 2.05) is 6.92 Å². The SMILES string of the molecule is CCc1ccc(C(=O)c2ccc(NS(C)(=O)=O)cc2)o1. The second-order valence-corrected chi connectivity index (χ2v) is 6.15. The molecule has 0 spiro atoms. The van der Waals surface area contributed by atoms with E-state index in [0.717, 1.165) is 18.4 Å². The summed E-state index contributed by atoms with van der Waals surface area (Å²) in [6.07, 6.45) is 1.80. The van der Waals surface area contributed by atoms with Gasteiger partial charge in [0, 0.05) is 17.7 Å². The molecule has 0 radical (unpaired) electrons. The van der Waals surface area contributed by atoms with E-state index in [1.54, 1.807) is 24.3 Å². The quantitative estimate of drug-likeness (QED) is 0.859. The minimum atomic E-state index is -3.32. The Kier molecular flexibility index (Phi) is 3.94. The van der Waals surface area contributed by atoms with E-state index in [9.17, 15) is 13.2 Å². The van der Waals surface area contributed by atoms with Crippen LogP contribution in [0.1, 0.15) is 28.8 Å². The van der Waals surface area contributed by atoms with Crippen molar-refractivity contribution in [2.75, 3.05) is 11.0 Å². The summed E-state index contributed by atoms with van der Waals surface area (Å²) < 4.78 is 29.9. The smallest absolute Gasteiger partial charge is 0.229 e. The summed E-state index contributed by atoms with van der Waals surface area (Å²) in [5, 5.41) is 0. The summed E-state index contributed by atoms with van der Waals surface area (Å²) in [5.41, 5.74) is 0.860. The molecule has 1 N–H and O–H groups in total. The van der Waals surface area contributed by atoms with Crippen LogP contribution in [0.2, 0.25) is 0 Å². The van der Waals surface area contributed by atoms with Crippen molar-refractivity contribution in [1.29, 1.82) is 0 Å². The third-order valence-corrected chi connectivity index (χ3v) is 3.29. The molecule has 2 rings (SSSR count). The standard InChI is InChI=1S/C14H15NO4S/c1-3-12-8-9-13(19-12)14(16)10-4-6-11(7-5-10)15-20(2,17)18/h4-9,15H,3H2,1-2H3. The van der Waals surface area contributed by atoms with Crippen molar-refractivity contribution in [3.63, 3.8) is 0 Å². The summed E-state index contributed by atoms with van der Waals surface area (Å²) >= 11 is 0. The van der Waals surface area contributed by atoms with Gasteiger partial charge in [-0.2, -0.15) is 0 Å². The Balaban J connectivity index is 2.19. The summed E-state index contributed by atoms with van der Waals surface area (Å²) in [7, 11) is -3.32. The zero-order valence-corrected chi connectivity index (χ0v) is 12.0. The highest BCUT2D eigenvalue weighted by molar-refractivity contribution is 7.92. The molecule has 1 heterocycles. The van der Waals surface area contributed by atoms with E-state index in [4.69, 9.17) is 4.42 Å². The van der Waals surface area contributed by atoms with E-state index < -0.39 is 10.0 Å². The van der Waals surface area contributed by atoms with Crippen molar-refractivity contribution >= 4 is 21.5 Å². The predicted molar refractivity (Wildman–Crippen MR) is 76.4 cm³/mol. The number of sulfonamides is 1. The monoisotopic (exact) mass is 293 g/mol. The number of carbonyl (C=O) groups is 1.